The lowest BCUT2D eigenvalue weighted by atomic mass is 10.1. The summed E-state index contributed by atoms with van der Waals surface area (Å²) in [5.74, 6) is 0. The quantitative estimate of drug-likeness (QED) is 0.121. The third-order valence-electron chi connectivity index (χ3n) is 14.9. The van der Waals surface area contributed by atoms with Crippen molar-refractivity contribution in [1.29, 1.82) is 0 Å². The average molecular weight is 1020 g/mol. The average Bonchev–Trinajstić information content (AvgIpc) is 4.43. The van der Waals surface area contributed by atoms with Gasteiger partial charge in [0.2, 0.25) is 0 Å². The number of benzene rings is 12. The van der Waals surface area contributed by atoms with Crippen LogP contribution in [0.4, 0.5) is 68.2 Å². The Morgan fingerprint density at radius 3 is 0.468 bits per heavy atom. The number of furan rings is 3. The van der Waals surface area contributed by atoms with Gasteiger partial charge in [0, 0.05) is 101 Å². The van der Waals surface area contributed by atoms with Crippen LogP contribution in [0.25, 0.3) is 65.8 Å². The van der Waals surface area contributed by atoms with Crippen LogP contribution in [-0.4, -0.2) is 0 Å². The minimum atomic E-state index is 0.808. The zero-order chi connectivity index (χ0) is 52.2. The van der Waals surface area contributed by atoms with Gasteiger partial charge in [-0.05, 0) is 182 Å². The first kappa shape index (κ1) is 45.6. The predicted octanol–water partition coefficient (Wildman–Crippen LogP) is 21.3. The first-order chi connectivity index (χ1) is 39.1. The van der Waals surface area contributed by atoms with Crippen LogP contribution in [0.2, 0.25) is 0 Å². The Kier molecular flexibility index (Phi) is 11.0. The summed E-state index contributed by atoms with van der Waals surface area (Å²) >= 11 is 0. The molecule has 3 heterocycles. The van der Waals surface area contributed by atoms with E-state index in [1.807, 2.05) is 0 Å². The molecule has 3 aromatic heterocycles. The maximum absolute atomic E-state index is 6.65. The van der Waals surface area contributed by atoms with E-state index in [1.54, 1.807) is 0 Å². The summed E-state index contributed by atoms with van der Waals surface area (Å²) in [6.45, 7) is 0. The number of fused-ring (bicyclic) bond motifs is 9. The van der Waals surface area contributed by atoms with Gasteiger partial charge >= 0.3 is 0 Å². The van der Waals surface area contributed by atoms with Gasteiger partial charge in [0.05, 0.1) is 0 Å². The Labute approximate surface area is 455 Å². The molecule has 0 spiro atoms. The van der Waals surface area contributed by atoms with Gasteiger partial charge in [-0.15, -0.1) is 0 Å². The Hall–Kier alpha value is -10.8. The monoisotopic (exact) mass is 1020 g/mol. The van der Waals surface area contributed by atoms with Gasteiger partial charge < -0.3 is 32.9 Å². The fourth-order valence-corrected chi connectivity index (χ4v) is 11.3. The number of para-hydroxylation sites is 6. The van der Waals surface area contributed by atoms with Crippen LogP contribution in [0.5, 0.6) is 0 Å². The van der Waals surface area contributed by atoms with E-state index in [4.69, 9.17) is 13.3 Å². The second kappa shape index (κ2) is 19.1. The summed E-state index contributed by atoms with van der Waals surface area (Å²) in [7, 11) is 0. The van der Waals surface area contributed by atoms with Crippen LogP contribution in [0, 0.1) is 0 Å². The Balaban J connectivity index is 0.840. The zero-order valence-corrected chi connectivity index (χ0v) is 42.7. The highest BCUT2D eigenvalue weighted by molar-refractivity contribution is 6.11. The minimum absolute atomic E-state index is 0.808. The van der Waals surface area contributed by atoms with E-state index in [-0.39, 0.29) is 0 Å². The fraction of sp³-hybridized carbons (Fsp3) is 0. The standard InChI is InChI=1S/C72H48N4O3/c1-7-19-49(20-8-1)73(50-21-9-2-10-22-50)55-31-37-67-61(43-55)63-45-57(33-39-69(63)77-67)75(53-27-15-5-16-28-53)59-35-41-71-65(47-59)66-48-60(36-42-72(66)79-71)76(54-29-17-6-18-30-54)58-34-40-70-64(46-58)62-44-56(32-38-68(62)78-70)74(51-23-11-3-12-24-51)52-25-13-4-14-26-52/h1-48H. The van der Waals surface area contributed by atoms with Crippen LogP contribution in [0.3, 0.4) is 0 Å². The molecule has 0 bridgehead atoms. The molecule has 12 aromatic carbocycles. The molecule has 79 heavy (non-hydrogen) atoms. The Morgan fingerprint density at radius 2 is 0.304 bits per heavy atom. The highest BCUT2D eigenvalue weighted by atomic mass is 16.3. The molecule has 0 saturated carbocycles. The summed E-state index contributed by atoms with van der Waals surface area (Å²) in [6, 6.07) is 102. The molecule has 0 saturated heterocycles. The molecule has 15 rings (SSSR count). The molecule has 7 nitrogen and oxygen atoms in total. The molecule has 0 atom stereocenters. The maximum atomic E-state index is 6.65. The number of nitrogens with zero attached hydrogens (tertiary/aromatic N) is 4. The summed E-state index contributed by atoms with van der Waals surface area (Å²) in [4.78, 5) is 9.20. The first-order valence-electron chi connectivity index (χ1n) is 26.6. The van der Waals surface area contributed by atoms with Gasteiger partial charge in [-0.3, -0.25) is 0 Å². The van der Waals surface area contributed by atoms with Crippen LogP contribution < -0.4 is 19.6 Å². The molecule has 0 radical (unpaired) electrons. The van der Waals surface area contributed by atoms with Gasteiger partial charge in [0.1, 0.15) is 33.5 Å². The molecule has 7 heteroatoms. The number of hydrogen-bond acceptors (Lipinski definition) is 7. The number of anilines is 12. The van der Waals surface area contributed by atoms with E-state index in [0.717, 1.165) is 134 Å². The molecule has 0 aliphatic heterocycles. The molecule has 15 aromatic rings. The van der Waals surface area contributed by atoms with Crippen molar-refractivity contribution >= 4 is 134 Å². The smallest absolute Gasteiger partial charge is 0.135 e. The van der Waals surface area contributed by atoms with Crippen molar-refractivity contribution in [3.63, 3.8) is 0 Å². The van der Waals surface area contributed by atoms with Gasteiger partial charge in [0.15, 0.2) is 0 Å². The lowest BCUT2D eigenvalue weighted by Gasteiger charge is -2.26. The highest BCUT2D eigenvalue weighted by Crippen LogP contribution is 2.46. The van der Waals surface area contributed by atoms with E-state index >= 15 is 0 Å². The Bertz CT molecular complexity index is 4300. The predicted molar refractivity (Wildman–Crippen MR) is 327 cm³/mol. The van der Waals surface area contributed by atoms with Crippen molar-refractivity contribution in [2.24, 2.45) is 0 Å². The normalized spacial score (nSPS) is 11.5. The molecule has 374 valence electrons. The molecule has 0 amide bonds. The van der Waals surface area contributed by atoms with Gasteiger partial charge in [-0.1, -0.05) is 109 Å². The van der Waals surface area contributed by atoms with Crippen LogP contribution in [-0.2, 0) is 0 Å². The zero-order valence-electron chi connectivity index (χ0n) is 42.7. The lowest BCUT2D eigenvalue weighted by molar-refractivity contribution is 0.668. The van der Waals surface area contributed by atoms with E-state index in [1.165, 1.54) is 0 Å². The fourth-order valence-electron chi connectivity index (χ4n) is 11.3. The summed E-state index contributed by atoms with van der Waals surface area (Å²) in [5, 5.41) is 6.15. The number of rotatable bonds is 12. The van der Waals surface area contributed by atoms with Crippen molar-refractivity contribution in [3.05, 3.63) is 291 Å². The van der Waals surface area contributed by atoms with Crippen molar-refractivity contribution in [2.75, 3.05) is 19.6 Å². The highest BCUT2D eigenvalue weighted by Gasteiger charge is 2.22. The summed E-state index contributed by atoms with van der Waals surface area (Å²) < 4.78 is 19.8. The Morgan fingerprint density at radius 1 is 0.152 bits per heavy atom. The van der Waals surface area contributed by atoms with Crippen LogP contribution in [0.1, 0.15) is 0 Å². The van der Waals surface area contributed by atoms with Crippen molar-refractivity contribution in [2.45, 2.75) is 0 Å². The minimum Gasteiger partial charge on any atom is -0.456 e. The van der Waals surface area contributed by atoms with Crippen molar-refractivity contribution in [3.8, 4) is 0 Å². The summed E-state index contributed by atoms with van der Waals surface area (Å²) in [5.41, 5.74) is 17.4. The van der Waals surface area contributed by atoms with Crippen LogP contribution in [0.15, 0.2) is 304 Å². The molecule has 0 N–H and O–H groups in total. The van der Waals surface area contributed by atoms with E-state index in [0.29, 0.717) is 0 Å². The molecular weight excluding hydrogens is 969 g/mol. The number of hydrogen-bond donors (Lipinski definition) is 0. The molecule has 0 aliphatic rings. The third-order valence-corrected chi connectivity index (χ3v) is 14.9. The van der Waals surface area contributed by atoms with Crippen molar-refractivity contribution < 1.29 is 13.3 Å². The maximum Gasteiger partial charge on any atom is 0.135 e. The lowest BCUT2D eigenvalue weighted by Crippen LogP contribution is -2.10. The van der Waals surface area contributed by atoms with Crippen molar-refractivity contribution in [1.82, 2.24) is 0 Å². The van der Waals surface area contributed by atoms with Crippen LogP contribution >= 0.6 is 0 Å². The van der Waals surface area contributed by atoms with Gasteiger partial charge in [-0.25, -0.2) is 0 Å². The SMILES string of the molecule is c1ccc(N(c2ccccc2)c2ccc3oc4ccc(N(c5ccccc5)c5ccc6oc7ccc(N(c8ccccc8)c8ccc9oc%10ccc(N(c%11ccccc%11)c%11ccccc%11)cc%10c9c8)cc7c6c5)cc4c3c2)cc1. The molecular formula is C72H48N4O3. The summed E-state index contributed by atoms with van der Waals surface area (Å²) in [6.07, 6.45) is 0. The van der Waals surface area contributed by atoms with Gasteiger partial charge in [-0.2, -0.15) is 0 Å². The van der Waals surface area contributed by atoms with E-state index in [2.05, 4.69) is 311 Å². The second-order valence-corrected chi connectivity index (χ2v) is 19.7. The first-order valence-corrected chi connectivity index (χ1v) is 26.6. The molecule has 0 fully saturated rings. The topological polar surface area (TPSA) is 52.4 Å². The molecule has 0 aliphatic carbocycles. The molecule has 0 unspecified atom stereocenters. The largest absolute Gasteiger partial charge is 0.456 e. The van der Waals surface area contributed by atoms with E-state index in [9.17, 15) is 0 Å². The third kappa shape index (κ3) is 8.16. The van der Waals surface area contributed by atoms with E-state index < -0.39 is 0 Å². The second-order valence-electron chi connectivity index (χ2n) is 19.7. The van der Waals surface area contributed by atoms with Gasteiger partial charge in [0.25, 0.3) is 0 Å².